The minimum atomic E-state index is -0.713. The van der Waals surface area contributed by atoms with Gasteiger partial charge < -0.3 is 9.84 Å². The SMILES string of the molecule is COc1cccc(C2CC2(C)C(=O)O)c1. The smallest absolute Gasteiger partial charge is 0.309 e. The standard InChI is InChI=1S/C12H14O3/c1-12(11(13)14)7-10(12)8-4-3-5-9(6-8)15-2/h3-6,10H,7H2,1-2H3,(H,13,14). The Morgan fingerprint density at radius 3 is 2.87 bits per heavy atom. The summed E-state index contributed by atoms with van der Waals surface area (Å²) in [6, 6.07) is 7.64. The molecular weight excluding hydrogens is 192 g/mol. The van der Waals surface area contributed by atoms with Crippen LogP contribution in [0.25, 0.3) is 0 Å². The topological polar surface area (TPSA) is 46.5 Å². The van der Waals surface area contributed by atoms with E-state index in [1.807, 2.05) is 24.3 Å². The second-order valence-corrected chi connectivity index (χ2v) is 4.26. The van der Waals surface area contributed by atoms with Crippen LogP contribution in [-0.4, -0.2) is 18.2 Å². The van der Waals surface area contributed by atoms with Crippen molar-refractivity contribution >= 4 is 5.97 Å². The zero-order valence-electron chi connectivity index (χ0n) is 8.86. The van der Waals surface area contributed by atoms with E-state index in [2.05, 4.69) is 0 Å². The highest BCUT2D eigenvalue weighted by molar-refractivity contribution is 5.80. The van der Waals surface area contributed by atoms with Crippen LogP contribution >= 0.6 is 0 Å². The van der Waals surface area contributed by atoms with E-state index >= 15 is 0 Å². The summed E-state index contributed by atoms with van der Waals surface area (Å²) in [5, 5.41) is 9.04. The molecule has 1 aromatic rings. The molecule has 1 aliphatic rings. The Hall–Kier alpha value is -1.51. The van der Waals surface area contributed by atoms with Gasteiger partial charge in [0.05, 0.1) is 12.5 Å². The summed E-state index contributed by atoms with van der Waals surface area (Å²) in [7, 11) is 1.61. The van der Waals surface area contributed by atoms with Crippen molar-refractivity contribution in [2.24, 2.45) is 5.41 Å². The highest BCUT2D eigenvalue weighted by atomic mass is 16.5. The van der Waals surface area contributed by atoms with Gasteiger partial charge in [-0.15, -0.1) is 0 Å². The summed E-state index contributed by atoms with van der Waals surface area (Å²) in [6.45, 7) is 1.79. The van der Waals surface area contributed by atoms with Crippen molar-refractivity contribution in [3.63, 3.8) is 0 Å². The molecule has 2 unspecified atom stereocenters. The lowest BCUT2D eigenvalue weighted by atomic mass is 10.0. The molecule has 0 bridgehead atoms. The molecule has 1 aromatic carbocycles. The van der Waals surface area contributed by atoms with E-state index in [1.54, 1.807) is 14.0 Å². The molecule has 0 spiro atoms. The number of benzene rings is 1. The van der Waals surface area contributed by atoms with E-state index in [4.69, 9.17) is 9.84 Å². The lowest BCUT2D eigenvalue weighted by molar-refractivity contribution is -0.142. The molecule has 3 nitrogen and oxygen atoms in total. The maximum atomic E-state index is 11.0. The number of carboxylic acids is 1. The fourth-order valence-corrected chi connectivity index (χ4v) is 1.95. The monoisotopic (exact) mass is 206 g/mol. The second kappa shape index (κ2) is 3.26. The third-order valence-electron chi connectivity index (χ3n) is 3.22. The van der Waals surface area contributed by atoms with Crippen molar-refractivity contribution in [1.82, 2.24) is 0 Å². The Morgan fingerprint density at radius 1 is 1.60 bits per heavy atom. The Bertz CT molecular complexity index is 400. The number of aliphatic carboxylic acids is 1. The van der Waals surface area contributed by atoms with E-state index in [1.165, 1.54) is 0 Å². The Balaban J connectivity index is 2.23. The molecule has 0 heterocycles. The molecule has 80 valence electrons. The molecule has 0 aromatic heterocycles. The number of carbonyl (C=O) groups is 1. The van der Waals surface area contributed by atoms with Crippen LogP contribution < -0.4 is 4.74 Å². The predicted molar refractivity (Wildman–Crippen MR) is 56.1 cm³/mol. The molecule has 0 aliphatic heterocycles. The quantitative estimate of drug-likeness (QED) is 0.825. The van der Waals surface area contributed by atoms with E-state index < -0.39 is 11.4 Å². The largest absolute Gasteiger partial charge is 0.497 e. The Morgan fingerprint density at radius 2 is 2.33 bits per heavy atom. The van der Waals surface area contributed by atoms with Gasteiger partial charge in [0.15, 0.2) is 0 Å². The first-order valence-corrected chi connectivity index (χ1v) is 4.95. The summed E-state index contributed by atoms with van der Waals surface area (Å²) in [5.41, 5.74) is 0.478. The molecule has 1 saturated carbocycles. The van der Waals surface area contributed by atoms with Gasteiger partial charge in [0.25, 0.3) is 0 Å². The molecule has 1 fully saturated rings. The Kier molecular flexibility index (Phi) is 2.18. The van der Waals surface area contributed by atoms with E-state index in [9.17, 15) is 4.79 Å². The third kappa shape index (κ3) is 1.58. The highest BCUT2D eigenvalue weighted by Crippen LogP contribution is 2.59. The average molecular weight is 206 g/mol. The molecule has 0 radical (unpaired) electrons. The normalized spacial score (nSPS) is 28.5. The van der Waals surface area contributed by atoms with E-state index in [0.29, 0.717) is 0 Å². The lowest BCUT2D eigenvalue weighted by Crippen LogP contribution is -2.12. The van der Waals surface area contributed by atoms with Crippen LogP contribution in [-0.2, 0) is 4.79 Å². The highest BCUT2D eigenvalue weighted by Gasteiger charge is 2.57. The summed E-state index contributed by atoms with van der Waals surface area (Å²) in [4.78, 5) is 11.0. The maximum absolute atomic E-state index is 11.0. The number of carboxylic acid groups (broad SMARTS) is 1. The average Bonchev–Trinajstić information content (AvgIpc) is 2.93. The van der Waals surface area contributed by atoms with Gasteiger partial charge in [-0.2, -0.15) is 0 Å². The van der Waals surface area contributed by atoms with Gasteiger partial charge in [-0.05, 0) is 31.0 Å². The third-order valence-corrected chi connectivity index (χ3v) is 3.22. The molecule has 1 aliphatic carbocycles. The molecule has 2 rings (SSSR count). The van der Waals surface area contributed by atoms with Crippen LogP contribution in [0, 0.1) is 5.41 Å². The van der Waals surface area contributed by atoms with Crippen LogP contribution in [0.3, 0.4) is 0 Å². The van der Waals surface area contributed by atoms with Crippen LogP contribution in [0.1, 0.15) is 24.8 Å². The van der Waals surface area contributed by atoms with Crippen molar-refractivity contribution in [2.75, 3.05) is 7.11 Å². The van der Waals surface area contributed by atoms with Crippen molar-refractivity contribution < 1.29 is 14.6 Å². The number of hydrogen-bond donors (Lipinski definition) is 1. The predicted octanol–water partition coefficient (Wildman–Crippen LogP) is 2.27. The molecule has 3 heteroatoms. The summed E-state index contributed by atoms with van der Waals surface area (Å²) >= 11 is 0. The molecule has 15 heavy (non-hydrogen) atoms. The van der Waals surface area contributed by atoms with Crippen LogP contribution in [0.2, 0.25) is 0 Å². The zero-order chi connectivity index (χ0) is 11.1. The summed E-state index contributed by atoms with van der Waals surface area (Å²) < 4.78 is 5.11. The lowest BCUT2D eigenvalue weighted by Gasteiger charge is -2.06. The van der Waals surface area contributed by atoms with Gasteiger partial charge in [0.1, 0.15) is 5.75 Å². The Labute approximate surface area is 88.7 Å². The molecule has 1 N–H and O–H groups in total. The van der Waals surface area contributed by atoms with Crippen molar-refractivity contribution in [2.45, 2.75) is 19.3 Å². The number of hydrogen-bond acceptors (Lipinski definition) is 2. The van der Waals surface area contributed by atoms with Gasteiger partial charge in [0, 0.05) is 5.92 Å². The van der Waals surface area contributed by atoms with Crippen LogP contribution in [0.5, 0.6) is 5.75 Å². The van der Waals surface area contributed by atoms with Gasteiger partial charge >= 0.3 is 5.97 Å². The van der Waals surface area contributed by atoms with Gasteiger partial charge in [-0.25, -0.2) is 0 Å². The summed E-state index contributed by atoms with van der Waals surface area (Å²) in [6.07, 6.45) is 0.718. The zero-order valence-corrected chi connectivity index (χ0v) is 8.86. The van der Waals surface area contributed by atoms with Crippen LogP contribution in [0.4, 0.5) is 0 Å². The summed E-state index contributed by atoms with van der Waals surface area (Å²) in [5.74, 6) is 0.201. The first kappa shape index (κ1) is 10.0. The molecule has 0 saturated heterocycles. The van der Waals surface area contributed by atoms with Gasteiger partial charge in [-0.1, -0.05) is 12.1 Å². The first-order chi connectivity index (χ1) is 7.08. The fraction of sp³-hybridized carbons (Fsp3) is 0.417. The number of methoxy groups -OCH3 is 1. The number of ether oxygens (including phenoxy) is 1. The van der Waals surface area contributed by atoms with E-state index in [0.717, 1.165) is 17.7 Å². The van der Waals surface area contributed by atoms with Crippen molar-refractivity contribution in [1.29, 1.82) is 0 Å². The molecule has 0 amide bonds. The van der Waals surface area contributed by atoms with Crippen molar-refractivity contribution in [3.8, 4) is 5.75 Å². The van der Waals surface area contributed by atoms with Gasteiger partial charge in [0.2, 0.25) is 0 Å². The molecule has 2 atom stereocenters. The van der Waals surface area contributed by atoms with E-state index in [-0.39, 0.29) is 5.92 Å². The first-order valence-electron chi connectivity index (χ1n) is 4.95. The minimum absolute atomic E-state index is 0.130. The van der Waals surface area contributed by atoms with Gasteiger partial charge in [-0.3, -0.25) is 4.79 Å². The number of rotatable bonds is 3. The van der Waals surface area contributed by atoms with Crippen molar-refractivity contribution in [3.05, 3.63) is 29.8 Å². The maximum Gasteiger partial charge on any atom is 0.309 e. The second-order valence-electron chi connectivity index (χ2n) is 4.26. The molecular formula is C12H14O3. The fourth-order valence-electron chi connectivity index (χ4n) is 1.95. The minimum Gasteiger partial charge on any atom is -0.497 e. The van der Waals surface area contributed by atoms with Crippen LogP contribution in [0.15, 0.2) is 24.3 Å².